The van der Waals surface area contributed by atoms with E-state index in [2.05, 4.69) is 24.0 Å². The highest BCUT2D eigenvalue weighted by atomic mass is 16.5. The summed E-state index contributed by atoms with van der Waals surface area (Å²) in [4.78, 5) is 13.9. The molecule has 0 bridgehead atoms. The number of rotatable bonds is 3. The van der Waals surface area contributed by atoms with Crippen LogP contribution >= 0.6 is 0 Å². The van der Waals surface area contributed by atoms with Crippen LogP contribution in [-0.4, -0.2) is 32.1 Å². The fraction of sp³-hybridized carbons (Fsp3) is 0.500. The molecule has 1 fully saturated rings. The number of ketones is 1. The normalized spacial score (nSPS) is 16.0. The van der Waals surface area contributed by atoms with Gasteiger partial charge < -0.3 is 9.64 Å². The van der Waals surface area contributed by atoms with E-state index in [1.807, 2.05) is 6.07 Å². The van der Waals surface area contributed by atoms with Gasteiger partial charge in [-0.05, 0) is 31.0 Å². The van der Waals surface area contributed by atoms with Crippen molar-refractivity contribution in [3.05, 3.63) is 29.3 Å². The first-order valence-corrected chi connectivity index (χ1v) is 6.19. The van der Waals surface area contributed by atoms with E-state index in [-0.39, 0.29) is 5.78 Å². The van der Waals surface area contributed by atoms with Crippen LogP contribution in [0, 0.1) is 0 Å². The monoisotopic (exact) mass is 233 g/mol. The lowest BCUT2D eigenvalue weighted by Crippen LogP contribution is -2.36. The third kappa shape index (κ3) is 2.67. The number of morpholine rings is 1. The molecule has 1 saturated heterocycles. The van der Waals surface area contributed by atoms with Crippen molar-refractivity contribution in [1.29, 1.82) is 0 Å². The van der Waals surface area contributed by atoms with Crippen LogP contribution in [0.25, 0.3) is 0 Å². The number of nitrogens with zero attached hydrogens (tertiary/aromatic N) is 1. The van der Waals surface area contributed by atoms with Crippen molar-refractivity contribution >= 4 is 11.5 Å². The van der Waals surface area contributed by atoms with E-state index < -0.39 is 0 Å². The smallest absolute Gasteiger partial charge is 0.160 e. The third-order valence-corrected chi connectivity index (χ3v) is 3.23. The molecule has 0 N–H and O–H groups in total. The summed E-state index contributed by atoms with van der Waals surface area (Å²) in [7, 11) is 0. The molecule has 0 spiro atoms. The maximum Gasteiger partial charge on any atom is 0.160 e. The summed E-state index contributed by atoms with van der Waals surface area (Å²) < 4.78 is 5.34. The van der Waals surface area contributed by atoms with Crippen LogP contribution < -0.4 is 4.90 Å². The molecule has 1 aromatic carbocycles. The number of anilines is 1. The Morgan fingerprint density at radius 1 is 1.35 bits per heavy atom. The summed E-state index contributed by atoms with van der Waals surface area (Å²) in [6.45, 7) is 7.06. The van der Waals surface area contributed by atoms with Crippen LogP contribution in [0.5, 0.6) is 0 Å². The topological polar surface area (TPSA) is 29.5 Å². The van der Waals surface area contributed by atoms with Gasteiger partial charge >= 0.3 is 0 Å². The van der Waals surface area contributed by atoms with Crippen molar-refractivity contribution in [3.63, 3.8) is 0 Å². The first-order chi connectivity index (χ1) is 8.22. The van der Waals surface area contributed by atoms with Gasteiger partial charge in [0.05, 0.1) is 13.2 Å². The number of hydrogen-bond acceptors (Lipinski definition) is 3. The molecule has 3 heteroatoms. The summed E-state index contributed by atoms with van der Waals surface area (Å²) >= 11 is 0. The van der Waals surface area contributed by atoms with Gasteiger partial charge in [-0.15, -0.1) is 0 Å². The van der Waals surface area contributed by atoms with E-state index in [1.165, 1.54) is 0 Å². The summed E-state index contributed by atoms with van der Waals surface area (Å²) in [6, 6.07) is 6.20. The van der Waals surface area contributed by atoms with Gasteiger partial charge in [0, 0.05) is 24.3 Å². The molecule has 1 aromatic rings. The Bertz CT molecular complexity index is 409. The minimum Gasteiger partial charge on any atom is -0.378 e. The Morgan fingerprint density at radius 3 is 2.65 bits per heavy atom. The molecular weight excluding hydrogens is 214 g/mol. The fourth-order valence-corrected chi connectivity index (χ4v) is 2.22. The van der Waals surface area contributed by atoms with Crippen LogP contribution in [0.15, 0.2) is 18.2 Å². The summed E-state index contributed by atoms with van der Waals surface area (Å²) in [6.07, 6.45) is 0.901. The lowest BCUT2D eigenvalue weighted by molar-refractivity contribution is 0.101. The SMILES string of the molecule is CCc1ccc(N2CCOCC2)cc1C(C)=O. The highest BCUT2D eigenvalue weighted by Crippen LogP contribution is 2.21. The van der Waals surface area contributed by atoms with Gasteiger partial charge in [-0.1, -0.05) is 13.0 Å². The molecule has 0 saturated carbocycles. The maximum absolute atomic E-state index is 11.6. The van der Waals surface area contributed by atoms with Crippen molar-refractivity contribution in [2.75, 3.05) is 31.2 Å². The highest BCUT2D eigenvalue weighted by Gasteiger charge is 2.14. The zero-order valence-electron chi connectivity index (χ0n) is 10.5. The van der Waals surface area contributed by atoms with Gasteiger partial charge in [0.25, 0.3) is 0 Å². The number of carbonyl (C=O) groups excluding carboxylic acids is 1. The zero-order valence-corrected chi connectivity index (χ0v) is 10.5. The summed E-state index contributed by atoms with van der Waals surface area (Å²) in [5, 5.41) is 0. The van der Waals surface area contributed by atoms with Gasteiger partial charge in [0.1, 0.15) is 0 Å². The van der Waals surface area contributed by atoms with E-state index in [9.17, 15) is 4.79 Å². The predicted molar refractivity (Wildman–Crippen MR) is 68.9 cm³/mol. The largest absolute Gasteiger partial charge is 0.378 e. The Labute approximate surface area is 102 Å². The second kappa shape index (κ2) is 5.32. The molecule has 0 atom stereocenters. The van der Waals surface area contributed by atoms with Gasteiger partial charge in [-0.3, -0.25) is 4.79 Å². The first-order valence-electron chi connectivity index (χ1n) is 6.19. The van der Waals surface area contributed by atoms with Crippen molar-refractivity contribution in [3.8, 4) is 0 Å². The molecule has 1 heterocycles. The van der Waals surface area contributed by atoms with E-state index in [0.29, 0.717) is 0 Å². The van der Waals surface area contributed by atoms with Crippen molar-refractivity contribution in [1.82, 2.24) is 0 Å². The van der Waals surface area contributed by atoms with Crippen molar-refractivity contribution in [2.24, 2.45) is 0 Å². The van der Waals surface area contributed by atoms with Gasteiger partial charge in [0.15, 0.2) is 5.78 Å². The molecule has 0 radical (unpaired) electrons. The van der Waals surface area contributed by atoms with E-state index in [1.54, 1.807) is 6.92 Å². The lowest BCUT2D eigenvalue weighted by atomic mass is 10.0. The van der Waals surface area contributed by atoms with Crippen LogP contribution in [0.2, 0.25) is 0 Å². The Morgan fingerprint density at radius 2 is 2.06 bits per heavy atom. The second-order valence-electron chi connectivity index (χ2n) is 4.35. The van der Waals surface area contributed by atoms with Crippen LogP contribution in [0.4, 0.5) is 5.69 Å². The Kier molecular flexibility index (Phi) is 3.79. The molecule has 92 valence electrons. The van der Waals surface area contributed by atoms with Crippen molar-refractivity contribution < 1.29 is 9.53 Å². The zero-order chi connectivity index (χ0) is 12.3. The van der Waals surface area contributed by atoms with Crippen LogP contribution in [0.3, 0.4) is 0 Å². The number of benzene rings is 1. The molecule has 0 aliphatic carbocycles. The molecular formula is C14H19NO2. The number of Topliss-reactive ketones (excluding diaryl/α,β-unsaturated/α-hetero) is 1. The standard InChI is InChI=1S/C14H19NO2/c1-3-12-4-5-13(10-14(12)11(2)16)15-6-8-17-9-7-15/h4-5,10H,3,6-9H2,1-2H3. The average molecular weight is 233 g/mol. The molecule has 1 aliphatic heterocycles. The second-order valence-corrected chi connectivity index (χ2v) is 4.35. The van der Waals surface area contributed by atoms with E-state index in [0.717, 1.165) is 49.5 Å². The molecule has 0 amide bonds. The summed E-state index contributed by atoms with van der Waals surface area (Å²) in [5.41, 5.74) is 3.13. The van der Waals surface area contributed by atoms with Crippen LogP contribution in [-0.2, 0) is 11.2 Å². The molecule has 17 heavy (non-hydrogen) atoms. The van der Waals surface area contributed by atoms with Gasteiger partial charge in [-0.25, -0.2) is 0 Å². The maximum atomic E-state index is 11.6. The minimum atomic E-state index is 0.150. The number of carbonyl (C=O) groups is 1. The quantitative estimate of drug-likeness (QED) is 0.750. The lowest BCUT2D eigenvalue weighted by Gasteiger charge is -2.29. The number of hydrogen-bond donors (Lipinski definition) is 0. The first kappa shape index (κ1) is 12.1. The molecule has 0 unspecified atom stereocenters. The highest BCUT2D eigenvalue weighted by molar-refractivity contribution is 5.96. The van der Waals surface area contributed by atoms with Crippen molar-refractivity contribution in [2.45, 2.75) is 20.3 Å². The van der Waals surface area contributed by atoms with E-state index >= 15 is 0 Å². The Balaban J connectivity index is 2.29. The van der Waals surface area contributed by atoms with Gasteiger partial charge in [-0.2, -0.15) is 0 Å². The molecule has 3 nitrogen and oxygen atoms in total. The molecule has 0 aromatic heterocycles. The van der Waals surface area contributed by atoms with Gasteiger partial charge in [0.2, 0.25) is 0 Å². The molecule has 1 aliphatic rings. The number of ether oxygens (including phenoxy) is 1. The average Bonchev–Trinajstić information content (AvgIpc) is 2.39. The van der Waals surface area contributed by atoms with E-state index in [4.69, 9.17) is 4.74 Å². The molecule has 2 rings (SSSR count). The fourth-order valence-electron chi connectivity index (χ4n) is 2.22. The minimum absolute atomic E-state index is 0.150. The van der Waals surface area contributed by atoms with Crippen LogP contribution in [0.1, 0.15) is 29.8 Å². The Hall–Kier alpha value is -1.35. The predicted octanol–water partition coefficient (Wildman–Crippen LogP) is 2.29. The third-order valence-electron chi connectivity index (χ3n) is 3.23. The number of aryl methyl sites for hydroxylation is 1. The summed E-state index contributed by atoms with van der Waals surface area (Å²) in [5.74, 6) is 0.150.